The van der Waals surface area contributed by atoms with Gasteiger partial charge < -0.3 is 25.3 Å². The molecule has 3 rings (SSSR count). The van der Waals surface area contributed by atoms with Crippen molar-refractivity contribution in [2.75, 3.05) is 6.61 Å². The molecule has 0 radical (unpaired) electrons. The Kier molecular flexibility index (Phi) is 7.14. The molecule has 32 heavy (non-hydrogen) atoms. The third kappa shape index (κ3) is 5.46. The monoisotopic (exact) mass is 438 g/mol. The van der Waals surface area contributed by atoms with Crippen LogP contribution in [0.5, 0.6) is 11.5 Å². The van der Waals surface area contributed by atoms with Crippen LogP contribution < -0.4 is 15.6 Å². The number of fused-ring (bicyclic) bond motifs is 1. The first-order valence-electron chi connectivity index (χ1n) is 10.3. The van der Waals surface area contributed by atoms with E-state index in [2.05, 4.69) is 10.3 Å². The number of hydrogen-bond donors (Lipinski definition) is 4. The van der Waals surface area contributed by atoms with Gasteiger partial charge in [0.05, 0.1) is 12.1 Å². The Balaban J connectivity index is 1.76. The number of aromatic amines is 1. The molecule has 0 spiro atoms. The third-order valence-electron chi connectivity index (χ3n) is 5.16. The van der Waals surface area contributed by atoms with Crippen molar-refractivity contribution in [1.82, 2.24) is 10.3 Å². The van der Waals surface area contributed by atoms with Crippen molar-refractivity contribution in [3.63, 3.8) is 0 Å². The Morgan fingerprint density at radius 2 is 1.84 bits per heavy atom. The average molecular weight is 438 g/mol. The number of hydrogen-bond acceptors (Lipinski definition) is 5. The quantitative estimate of drug-likeness (QED) is 0.379. The fraction of sp³-hybridized carbons (Fsp3) is 0.292. The van der Waals surface area contributed by atoms with Gasteiger partial charge in [-0.25, -0.2) is 0 Å². The summed E-state index contributed by atoms with van der Waals surface area (Å²) in [5, 5.41) is 21.7. The third-order valence-corrected chi connectivity index (χ3v) is 5.16. The molecule has 1 aromatic heterocycles. The van der Waals surface area contributed by atoms with Crippen molar-refractivity contribution in [2.24, 2.45) is 0 Å². The van der Waals surface area contributed by atoms with Gasteiger partial charge in [0.1, 0.15) is 17.1 Å². The maximum Gasteiger partial charge on any atom is 0.303 e. The maximum absolute atomic E-state index is 12.6. The smallest absolute Gasteiger partial charge is 0.303 e. The van der Waals surface area contributed by atoms with Crippen LogP contribution in [-0.2, 0) is 11.3 Å². The van der Waals surface area contributed by atoms with Crippen molar-refractivity contribution in [3.05, 3.63) is 69.0 Å². The molecule has 0 bridgehead atoms. The number of rotatable bonds is 9. The van der Waals surface area contributed by atoms with Crippen LogP contribution in [0.15, 0.2) is 41.2 Å². The molecular weight excluding hydrogens is 412 g/mol. The Labute approximate surface area is 184 Å². The molecule has 8 nitrogen and oxygen atoms in total. The first kappa shape index (κ1) is 22.9. The second-order valence-electron chi connectivity index (χ2n) is 7.69. The standard InChI is InChI=1S/C24H26N2O6/c1-14-6-8-17-12-18(23(30)25-13-16-7-9-19(27)15(2)11-16)24(31)26-21(17)22(14)32-10-4-3-5-20(28)29/h6-9,11-12,27H,3-5,10,13H2,1-2H3,(H,25,30)(H,26,31)(H,28,29). The summed E-state index contributed by atoms with van der Waals surface area (Å²) in [6.45, 7) is 4.16. The van der Waals surface area contributed by atoms with Gasteiger partial charge in [0.25, 0.3) is 11.5 Å². The molecule has 0 saturated heterocycles. The largest absolute Gasteiger partial charge is 0.508 e. The minimum atomic E-state index is -0.845. The molecule has 0 fully saturated rings. The SMILES string of the molecule is Cc1cc(CNC(=O)c2cc3ccc(C)c(OCCCCC(=O)O)c3[nH]c2=O)ccc1O. The summed E-state index contributed by atoms with van der Waals surface area (Å²) in [7, 11) is 0. The number of ether oxygens (including phenoxy) is 1. The molecule has 0 aliphatic carbocycles. The molecule has 3 aromatic rings. The van der Waals surface area contributed by atoms with E-state index in [1.165, 1.54) is 6.07 Å². The van der Waals surface area contributed by atoms with Crippen LogP contribution >= 0.6 is 0 Å². The first-order valence-corrected chi connectivity index (χ1v) is 10.3. The van der Waals surface area contributed by atoms with E-state index in [9.17, 15) is 19.5 Å². The van der Waals surface area contributed by atoms with E-state index < -0.39 is 17.4 Å². The summed E-state index contributed by atoms with van der Waals surface area (Å²) in [5.74, 6) is -0.652. The highest BCUT2D eigenvalue weighted by atomic mass is 16.5. The van der Waals surface area contributed by atoms with Gasteiger partial charge in [-0.2, -0.15) is 0 Å². The summed E-state index contributed by atoms with van der Waals surface area (Å²) >= 11 is 0. The van der Waals surface area contributed by atoms with E-state index >= 15 is 0 Å². The zero-order chi connectivity index (χ0) is 23.3. The first-order chi connectivity index (χ1) is 15.3. The number of aromatic hydroxyl groups is 1. The van der Waals surface area contributed by atoms with Crippen molar-refractivity contribution in [3.8, 4) is 11.5 Å². The molecule has 2 aromatic carbocycles. The molecule has 0 unspecified atom stereocenters. The minimum Gasteiger partial charge on any atom is -0.508 e. The molecule has 0 aliphatic heterocycles. The second-order valence-corrected chi connectivity index (χ2v) is 7.69. The van der Waals surface area contributed by atoms with Gasteiger partial charge in [-0.05, 0) is 55.5 Å². The normalized spacial score (nSPS) is 10.8. The van der Waals surface area contributed by atoms with Crippen LogP contribution in [-0.4, -0.2) is 33.7 Å². The van der Waals surface area contributed by atoms with Crippen LogP contribution in [0.3, 0.4) is 0 Å². The summed E-state index contributed by atoms with van der Waals surface area (Å²) in [5.41, 5.74) is 2.29. The Hall–Kier alpha value is -3.81. The van der Waals surface area contributed by atoms with Crippen LogP contribution in [0, 0.1) is 13.8 Å². The van der Waals surface area contributed by atoms with E-state index in [-0.39, 0.29) is 24.3 Å². The lowest BCUT2D eigenvalue weighted by atomic mass is 10.1. The lowest BCUT2D eigenvalue weighted by Crippen LogP contribution is -2.29. The fourth-order valence-electron chi connectivity index (χ4n) is 3.37. The molecule has 0 saturated carbocycles. The van der Waals surface area contributed by atoms with E-state index in [0.29, 0.717) is 41.7 Å². The van der Waals surface area contributed by atoms with Crippen molar-refractivity contribution < 1.29 is 24.5 Å². The Bertz CT molecular complexity index is 1220. The number of unbranched alkanes of at least 4 members (excludes halogenated alkanes) is 1. The van der Waals surface area contributed by atoms with E-state index in [1.807, 2.05) is 13.0 Å². The van der Waals surface area contributed by atoms with Gasteiger partial charge in [-0.3, -0.25) is 14.4 Å². The van der Waals surface area contributed by atoms with Crippen molar-refractivity contribution >= 4 is 22.8 Å². The summed E-state index contributed by atoms with van der Waals surface area (Å²) in [6, 6.07) is 10.2. The van der Waals surface area contributed by atoms with Crippen LogP contribution in [0.1, 0.15) is 46.3 Å². The number of aromatic nitrogens is 1. The number of aliphatic carboxylic acids is 1. The molecule has 8 heteroatoms. The lowest BCUT2D eigenvalue weighted by Gasteiger charge is -2.13. The zero-order valence-electron chi connectivity index (χ0n) is 18.0. The zero-order valence-corrected chi connectivity index (χ0v) is 18.0. The van der Waals surface area contributed by atoms with Crippen LogP contribution in [0.4, 0.5) is 0 Å². The highest BCUT2D eigenvalue weighted by Gasteiger charge is 2.15. The van der Waals surface area contributed by atoms with Gasteiger partial charge >= 0.3 is 5.97 Å². The van der Waals surface area contributed by atoms with Gasteiger partial charge in [-0.15, -0.1) is 0 Å². The number of benzene rings is 2. The molecular formula is C24H26N2O6. The summed E-state index contributed by atoms with van der Waals surface area (Å²) in [4.78, 5) is 38.6. The molecule has 0 aliphatic rings. The number of pyridine rings is 1. The van der Waals surface area contributed by atoms with Crippen LogP contribution in [0.25, 0.3) is 10.9 Å². The summed E-state index contributed by atoms with van der Waals surface area (Å²) in [6.07, 6.45) is 1.15. The molecule has 4 N–H and O–H groups in total. The number of nitrogens with one attached hydrogen (secondary N) is 2. The Morgan fingerprint density at radius 3 is 2.56 bits per heavy atom. The number of carbonyl (C=O) groups excluding carboxylic acids is 1. The average Bonchev–Trinajstić information content (AvgIpc) is 2.75. The number of carboxylic acids is 1. The van der Waals surface area contributed by atoms with E-state index in [1.54, 1.807) is 31.2 Å². The number of carboxylic acid groups (broad SMARTS) is 1. The van der Waals surface area contributed by atoms with Gasteiger partial charge in [-0.1, -0.05) is 24.3 Å². The predicted molar refractivity (Wildman–Crippen MR) is 120 cm³/mol. The van der Waals surface area contributed by atoms with E-state index in [4.69, 9.17) is 9.84 Å². The Morgan fingerprint density at radius 1 is 1.06 bits per heavy atom. The maximum atomic E-state index is 12.6. The molecule has 1 amide bonds. The van der Waals surface area contributed by atoms with E-state index in [0.717, 1.165) is 11.1 Å². The van der Waals surface area contributed by atoms with Gasteiger partial charge in [0.15, 0.2) is 0 Å². The van der Waals surface area contributed by atoms with Crippen molar-refractivity contribution in [2.45, 2.75) is 39.7 Å². The number of aryl methyl sites for hydroxylation is 2. The van der Waals surface area contributed by atoms with Crippen LogP contribution in [0.2, 0.25) is 0 Å². The number of amides is 1. The summed E-state index contributed by atoms with van der Waals surface area (Å²) < 4.78 is 5.83. The molecule has 1 heterocycles. The topological polar surface area (TPSA) is 129 Å². The number of carbonyl (C=O) groups is 2. The second kappa shape index (κ2) is 10.00. The predicted octanol–water partition coefficient (Wildman–Crippen LogP) is 3.41. The van der Waals surface area contributed by atoms with Gasteiger partial charge in [0, 0.05) is 18.4 Å². The minimum absolute atomic E-state index is 0.00994. The number of phenols is 1. The lowest BCUT2D eigenvalue weighted by molar-refractivity contribution is -0.137. The fourth-order valence-corrected chi connectivity index (χ4v) is 3.37. The van der Waals surface area contributed by atoms with Crippen molar-refractivity contribution in [1.29, 1.82) is 0 Å². The highest BCUT2D eigenvalue weighted by Crippen LogP contribution is 2.28. The van der Waals surface area contributed by atoms with Gasteiger partial charge in [0.2, 0.25) is 0 Å². The number of H-pyrrole nitrogens is 1. The highest BCUT2D eigenvalue weighted by molar-refractivity contribution is 5.98. The number of phenolic OH excluding ortho intramolecular Hbond substituents is 1. The molecule has 0 atom stereocenters. The molecule has 168 valence electrons.